The Morgan fingerprint density at radius 2 is 2.21 bits per heavy atom. The number of hydrogen-bond acceptors (Lipinski definition) is 4. The number of fused-ring (bicyclic) bond motifs is 1. The number of thiol groups is 1. The average Bonchev–Trinajstić information content (AvgIpc) is 2.59. The van der Waals surface area contributed by atoms with Gasteiger partial charge in [-0.05, 0) is 23.6 Å². The summed E-state index contributed by atoms with van der Waals surface area (Å²) in [6.07, 6.45) is 0.819. The van der Waals surface area contributed by atoms with Crippen molar-refractivity contribution in [2.75, 3.05) is 0 Å². The minimum atomic E-state index is 0.0134. The van der Waals surface area contributed by atoms with E-state index >= 15 is 0 Å². The zero-order valence-electron chi connectivity index (χ0n) is 7.23. The van der Waals surface area contributed by atoms with E-state index in [1.54, 1.807) is 6.07 Å². The lowest BCUT2D eigenvalue weighted by atomic mass is 10.2. The Morgan fingerprint density at radius 3 is 2.86 bits per heavy atom. The number of aliphatic hydroxyl groups is 1. The number of thiophene rings is 1. The van der Waals surface area contributed by atoms with Crippen LogP contribution in [-0.2, 0) is 6.61 Å². The molecule has 0 unspecified atom stereocenters. The molecule has 4 heteroatoms. The molecule has 0 aliphatic heterocycles. The highest BCUT2D eigenvalue weighted by Gasteiger charge is 2.06. The molecular weight excluding hydrogens is 216 g/mol. The summed E-state index contributed by atoms with van der Waals surface area (Å²) in [6.45, 7) is 0.0134. The van der Waals surface area contributed by atoms with E-state index in [4.69, 9.17) is 5.11 Å². The van der Waals surface area contributed by atoms with Crippen LogP contribution in [0.25, 0.3) is 10.1 Å². The number of hydrogen-bond donors (Lipinski definition) is 2. The molecule has 72 valence electrons. The third-order valence-electron chi connectivity index (χ3n) is 1.96. The lowest BCUT2D eigenvalue weighted by Crippen LogP contribution is -1.79. The van der Waals surface area contributed by atoms with E-state index in [1.165, 1.54) is 11.3 Å². The predicted octanol–water partition coefficient (Wildman–Crippen LogP) is 2.49. The molecule has 0 aliphatic rings. The summed E-state index contributed by atoms with van der Waals surface area (Å²) in [5, 5.41) is 9.94. The second-order valence-electron chi connectivity index (χ2n) is 2.94. The van der Waals surface area contributed by atoms with Crippen molar-refractivity contribution in [2.45, 2.75) is 11.5 Å². The normalized spacial score (nSPS) is 10.7. The zero-order chi connectivity index (χ0) is 10.1. The molecule has 0 saturated carbocycles. The maximum Gasteiger partial charge on any atom is 0.151 e. The number of aliphatic hydroxyl groups excluding tert-OH is 1. The van der Waals surface area contributed by atoms with Gasteiger partial charge in [0.05, 0.1) is 6.61 Å². The van der Waals surface area contributed by atoms with Crippen LogP contribution in [0.1, 0.15) is 15.2 Å². The van der Waals surface area contributed by atoms with Gasteiger partial charge in [0, 0.05) is 20.0 Å². The van der Waals surface area contributed by atoms with Crippen LogP contribution in [0.5, 0.6) is 0 Å². The second-order valence-corrected chi connectivity index (χ2v) is 4.60. The molecule has 0 amide bonds. The van der Waals surface area contributed by atoms with Gasteiger partial charge in [-0.15, -0.1) is 24.0 Å². The van der Waals surface area contributed by atoms with E-state index in [1.807, 2.05) is 12.1 Å². The quantitative estimate of drug-likeness (QED) is 0.607. The van der Waals surface area contributed by atoms with Gasteiger partial charge in [-0.3, -0.25) is 4.79 Å². The van der Waals surface area contributed by atoms with Crippen LogP contribution in [0, 0.1) is 0 Å². The van der Waals surface area contributed by atoms with Crippen molar-refractivity contribution in [2.24, 2.45) is 0 Å². The molecule has 0 saturated heterocycles. The Hall–Kier alpha value is -0.840. The van der Waals surface area contributed by atoms with Gasteiger partial charge in [0.1, 0.15) is 0 Å². The summed E-state index contributed by atoms with van der Waals surface area (Å²) in [4.78, 5) is 12.4. The van der Waals surface area contributed by atoms with E-state index in [-0.39, 0.29) is 6.61 Å². The first kappa shape index (κ1) is 9.71. The first-order chi connectivity index (χ1) is 6.74. The Balaban J connectivity index is 2.77. The standard InChI is InChI=1S/C10H8O2S2/c11-4-7-2-8(13)1-6-3-9(5-12)14-10(6)7/h1-4,12-13H,5H2. The number of rotatable bonds is 2. The van der Waals surface area contributed by atoms with Gasteiger partial charge in [-0.25, -0.2) is 0 Å². The summed E-state index contributed by atoms with van der Waals surface area (Å²) in [5.41, 5.74) is 0.636. The SMILES string of the molecule is O=Cc1cc(S)cc2cc(CO)sc12. The fourth-order valence-electron chi connectivity index (χ4n) is 1.38. The van der Waals surface area contributed by atoms with Gasteiger partial charge in [-0.2, -0.15) is 0 Å². The van der Waals surface area contributed by atoms with Crippen LogP contribution in [-0.4, -0.2) is 11.4 Å². The Bertz CT molecular complexity index is 488. The minimum absolute atomic E-state index is 0.0134. The van der Waals surface area contributed by atoms with Crippen LogP contribution < -0.4 is 0 Å². The topological polar surface area (TPSA) is 37.3 Å². The van der Waals surface area contributed by atoms with E-state index < -0.39 is 0 Å². The Kier molecular flexibility index (Phi) is 2.58. The molecule has 2 rings (SSSR count). The van der Waals surface area contributed by atoms with Crippen LogP contribution in [0.15, 0.2) is 23.1 Å². The molecule has 1 heterocycles. The highest BCUT2D eigenvalue weighted by molar-refractivity contribution is 7.80. The maximum atomic E-state index is 10.8. The number of carbonyl (C=O) groups is 1. The summed E-state index contributed by atoms with van der Waals surface area (Å²) >= 11 is 5.65. The Morgan fingerprint density at radius 1 is 1.43 bits per heavy atom. The van der Waals surface area contributed by atoms with Crippen molar-refractivity contribution in [3.8, 4) is 0 Å². The van der Waals surface area contributed by atoms with Crippen molar-refractivity contribution in [3.63, 3.8) is 0 Å². The summed E-state index contributed by atoms with van der Waals surface area (Å²) in [6, 6.07) is 5.50. The lowest BCUT2D eigenvalue weighted by Gasteiger charge is -1.95. The highest BCUT2D eigenvalue weighted by Crippen LogP contribution is 2.30. The van der Waals surface area contributed by atoms with Crippen molar-refractivity contribution >= 4 is 40.3 Å². The molecule has 1 aromatic carbocycles. The van der Waals surface area contributed by atoms with Gasteiger partial charge in [0.15, 0.2) is 6.29 Å². The number of carbonyl (C=O) groups excluding carboxylic acids is 1. The van der Waals surface area contributed by atoms with Crippen molar-refractivity contribution in [1.29, 1.82) is 0 Å². The van der Waals surface area contributed by atoms with Crippen LogP contribution in [0.3, 0.4) is 0 Å². The predicted molar refractivity (Wildman–Crippen MR) is 60.4 cm³/mol. The molecule has 0 radical (unpaired) electrons. The molecule has 1 aromatic heterocycles. The largest absolute Gasteiger partial charge is 0.391 e. The van der Waals surface area contributed by atoms with E-state index in [9.17, 15) is 4.79 Å². The van der Waals surface area contributed by atoms with E-state index in [0.717, 1.165) is 26.1 Å². The summed E-state index contributed by atoms with van der Waals surface area (Å²) in [5.74, 6) is 0. The van der Waals surface area contributed by atoms with E-state index in [0.29, 0.717) is 5.56 Å². The Labute approximate surface area is 90.6 Å². The summed E-state index contributed by atoms with van der Waals surface area (Å²) in [7, 11) is 0. The first-order valence-corrected chi connectivity index (χ1v) is 5.32. The molecule has 0 spiro atoms. The van der Waals surface area contributed by atoms with Crippen LogP contribution >= 0.6 is 24.0 Å². The fraction of sp³-hybridized carbons (Fsp3) is 0.100. The minimum Gasteiger partial charge on any atom is -0.391 e. The molecule has 1 N–H and O–H groups in total. The van der Waals surface area contributed by atoms with Crippen molar-refractivity contribution < 1.29 is 9.90 Å². The molecular formula is C10H8O2S2. The highest BCUT2D eigenvalue weighted by atomic mass is 32.1. The number of aldehydes is 1. The van der Waals surface area contributed by atoms with Gasteiger partial charge in [-0.1, -0.05) is 0 Å². The molecule has 0 aliphatic carbocycles. The van der Waals surface area contributed by atoms with Gasteiger partial charge < -0.3 is 5.11 Å². The summed E-state index contributed by atoms with van der Waals surface area (Å²) < 4.78 is 0.918. The van der Waals surface area contributed by atoms with Gasteiger partial charge >= 0.3 is 0 Å². The molecule has 0 fully saturated rings. The van der Waals surface area contributed by atoms with Gasteiger partial charge in [0.2, 0.25) is 0 Å². The third-order valence-corrected chi connectivity index (χ3v) is 3.41. The zero-order valence-corrected chi connectivity index (χ0v) is 8.94. The molecule has 0 atom stereocenters. The van der Waals surface area contributed by atoms with Crippen molar-refractivity contribution in [3.05, 3.63) is 28.6 Å². The average molecular weight is 224 g/mol. The molecule has 2 aromatic rings. The fourth-order valence-corrected chi connectivity index (χ4v) is 2.63. The second kappa shape index (κ2) is 3.73. The molecule has 0 bridgehead atoms. The molecule has 14 heavy (non-hydrogen) atoms. The third kappa shape index (κ3) is 1.56. The van der Waals surface area contributed by atoms with Crippen molar-refractivity contribution in [1.82, 2.24) is 0 Å². The first-order valence-electron chi connectivity index (χ1n) is 4.06. The molecule has 2 nitrogen and oxygen atoms in total. The van der Waals surface area contributed by atoms with Gasteiger partial charge in [0.25, 0.3) is 0 Å². The number of benzene rings is 1. The van der Waals surface area contributed by atoms with E-state index in [2.05, 4.69) is 12.6 Å². The van der Waals surface area contributed by atoms with Crippen LogP contribution in [0.2, 0.25) is 0 Å². The maximum absolute atomic E-state index is 10.8. The smallest absolute Gasteiger partial charge is 0.151 e. The van der Waals surface area contributed by atoms with Crippen LogP contribution in [0.4, 0.5) is 0 Å². The monoisotopic (exact) mass is 224 g/mol. The lowest BCUT2D eigenvalue weighted by molar-refractivity contribution is 0.112.